The Morgan fingerprint density at radius 3 is 2.46 bits per heavy atom. The number of benzene rings is 2. The van der Waals surface area contributed by atoms with E-state index < -0.39 is 0 Å². The number of hydrogen-bond acceptors (Lipinski definition) is 2. The van der Waals surface area contributed by atoms with Gasteiger partial charge in [0.25, 0.3) is 5.91 Å². The van der Waals surface area contributed by atoms with Gasteiger partial charge in [-0.25, -0.2) is 0 Å². The van der Waals surface area contributed by atoms with Crippen LogP contribution >= 0.6 is 0 Å². The molecular weight excluding hydrogens is 348 g/mol. The molecule has 0 spiro atoms. The summed E-state index contributed by atoms with van der Waals surface area (Å²) in [6.45, 7) is 6.47. The topological polar surface area (TPSA) is 34.5 Å². The maximum Gasteiger partial charge on any atom is 0.254 e. The average molecular weight is 377 g/mol. The Morgan fingerprint density at radius 1 is 1.00 bits per heavy atom. The molecule has 0 saturated heterocycles. The summed E-state index contributed by atoms with van der Waals surface area (Å²) < 4.78 is 7.45. The summed E-state index contributed by atoms with van der Waals surface area (Å²) in [5.74, 6) is 0.0400. The molecule has 146 valence electrons. The van der Waals surface area contributed by atoms with E-state index in [0.29, 0.717) is 19.7 Å². The predicted octanol–water partition coefficient (Wildman–Crippen LogP) is 4.44. The lowest BCUT2D eigenvalue weighted by molar-refractivity contribution is 0.0675. The van der Waals surface area contributed by atoms with Crippen molar-refractivity contribution < 1.29 is 9.53 Å². The molecule has 1 amide bonds. The van der Waals surface area contributed by atoms with Crippen LogP contribution < -0.4 is 0 Å². The number of rotatable bonds is 8. The Bertz CT molecular complexity index is 912. The monoisotopic (exact) mass is 376 g/mol. The van der Waals surface area contributed by atoms with Gasteiger partial charge in [-0.3, -0.25) is 4.79 Å². The summed E-state index contributed by atoms with van der Waals surface area (Å²) in [4.78, 5) is 15.0. The molecule has 3 aromatic rings. The molecule has 1 aromatic heterocycles. The second kappa shape index (κ2) is 9.38. The molecule has 0 saturated carbocycles. The quantitative estimate of drug-likeness (QED) is 0.582. The largest absolute Gasteiger partial charge is 0.383 e. The van der Waals surface area contributed by atoms with E-state index in [-0.39, 0.29) is 5.91 Å². The number of aromatic nitrogens is 1. The highest BCUT2D eigenvalue weighted by atomic mass is 16.5. The normalized spacial score (nSPS) is 10.8. The second-order valence-electron chi connectivity index (χ2n) is 7.15. The zero-order valence-electron chi connectivity index (χ0n) is 16.9. The Kier molecular flexibility index (Phi) is 6.66. The highest BCUT2D eigenvalue weighted by Gasteiger charge is 2.19. The van der Waals surface area contributed by atoms with Crippen molar-refractivity contribution in [3.8, 4) is 0 Å². The van der Waals surface area contributed by atoms with E-state index in [1.165, 1.54) is 11.1 Å². The van der Waals surface area contributed by atoms with Gasteiger partial charge in [-0.05, 0) is 43.2 Å². The Hall–Kier alpha value is -2.85. The van der Waals surface area contributed by atoms with Gasteiger partial charge < -0.3 is 14.2 Å². The molecule has 0 aliphatic rings. The Labute approximate surface area is 167 Å². The maximum absolute atomic E-state index is 13.2. The van der Waals surface area contributed by atoms with Crippen LogP contribution in [0.25, 0.3) is 0 Å². The third-order valence-electron chi connectivity index (χ3n) is 4.98. The van der Waals surface area contributed by atoms with Gasteiger partial charge in [0.05, 0.1) is 13.2 Å². The molecule has 0 radical (unpaired) electrons. The standard InChI is InChI=1S/C24H28N2O2/c1-19-10-12-21(13-11-19)17-25-14-6-8-22(25)18-26(15-16-28-3)24(27)23-9-5-4-7-20(23)2/h4-14H,15-18H2,1-3H3. The number of ether oxygens (including phenoxy) is 1. The molecule has 0 atom stereocenters. The minimum absolute atomic E-state index is 0.0400. The van der Waals surface area contributed by atoms with Crippen molar-refractivity contribution >= 4 is 5.91 Å². The summed E-state index contributed by atoms with van der Waals surface area (Å²) in [7, 11) is 1.66. The molecule has 0 N–H and O–H groups in total. The first-order valence-electron chi connectivity index (χ1n) is 9.62. The van der Waals surface area contributed by atoms with E-state index in [9.17, 15) is 4.79 Å². The molecule has 0 bridgehead atoms. The van der Waals surface area contributed by atoms with Crippen LogP contribution in [0.1, 0.15) is 32.7 Å². The number of carbonyl (C=O) groups is 1. The van der Waals surface area contributed by atoms with Crippen molar-refractivity contribution in [2.45, 2.75) is 26.9 Å². The molecule has 0 fully saturated rings. The first-order valence-corrected chi connectivity index (χ1v) is 9.62. The van der Waals surface area contributed by atoms with Crippen LogP contribution in [0.15, 0.2) is 66.9 Å². The van der Waals surface area contributed by atoms with Crippen LogP contribution in [0.3, 0.4) is 0 Å². The summed E-state index contributed by atoms with van der Waals surface area (Å²) in [5.41, 5.74) is 5.35. The smallest absolute Gasteiger partial charge is 0.254 e. The SMILES string of the molecule is COCCN(Cc1cccn1Cc1ccc(C)cc1)C(=O)c1ccccc1C. The molecule has 3 rings (SSSR count). The molecule has 2 aromatic carbocycles. The minimum atomic E-state index is 0.0400. The fourth-order valence-electron chi connectivity index (χ4n) is 3.27. The number of nitrogens with zero attached hydrogens (tertiary/aromatic N) is 2. The van der Waals surface area contributed by atoms with E-state index in [1.807, 2.05) is 42.2 Å². The van der Waals surface area contributed by atoms with E-state index in [2.05, 4.69) is 48.0 Å². The maximum atomic E-state index is 13.2. The van der Waals surface area contributed by atoms with Gasteiger partial charge in [-0.1, -0.05) is 48.0 Å². The minimum Gasteiger partial charge on any atom is -0.383 e. The van der Waals surface area contributed by atoms with Crippen molar-refractivity contribution in [2.75, 3.05) is 20.3 Å². The third kappa shape index (κ3) is 4.90. The van der Waals surface area contributed by atoms with Gasteiger partial charge in [-0.2, -0.15) is 0 Å². The Morgan fingerprint density at radius 2 is 1.75 bits per heavy atom. The molecule has 4 nitrogen and oxygen atoms in total. The van der Waals surface area contributed by atoms with E-state index >= 15 is 0 Å². The van der Waals surface area contributed by atoms with Crippen LogP contribution in [0.4, 0.5) is 0 Å². The zero-order chi connectivity index (χ0) is 19.9. The van der Waals surface area contributed by atoms with Crippen LogP contribution in [0.5, 0.6) is 0 Å². The molecule has 0 aliphatic heterocycles. The van der Waals surface area contributed by atoms with E-state index in [4.69, 9.17) is 4.74 Å². The number of hydrogen-bond donors (Lipinski definition) is 0. The fourth-order valence-corrected chi connectivity index (χ4v) is 3.27. The van der Waals surface area contributed by atoms with Crippen LogP contribution in [-0.2, 0) is 17.8 Å². The van der Waals surface area contributed by atoms with Crippen molar-refractivity contribution in [3.63, 3.8) is 0 Å². The highest BCUT2D eigenvalue weighted by molar-refractivity contribution is 5.95. The summed E-state index contributed by atoms with van der Waals surface area (Å²) in [5, 5.41) is 0. The first kappa shape index (κ1) is 19.9. The van der Waals surface area contributed by atoms with Gasteiger partial charge >= 0.3 is 0 Å². The van der Waals surface area contributed by atoms with Crippen molar-refractivity contribution in [1.82, 2.24) is 9.47 Å². The first-order chi connectivity index (χ1) is 13.6. The second-order valence-corrected chi connectivity index (χ2v) is 7.15. The van der Waals surface area contributed by atoms with Gasteiger partial charge in [0.1, 0.15) is 0 Å². The van der Waals surface area contributed by atoms with Crippen LogP contribution in [0.2, 0.25) is 0 Å². The lowest BCUT2D eigenvalue weighted by atomic mass is 10.1. The zero-order valence-corrected chi connectivity index (χ0v) is 16.9. The average Bonchev–Trinajstić information content (AvgIpc) is 3.13. The number of aryl methyl sites for hydroxylation is 2. The van der Waals surface area contributed by atoms with Crippen molar-refractivity contribution in [2.24, 2.45) is 0 Å². The lowest BCUT2D eigenvalue weighted by Gasteiger charge is -2.24. The van der Waals surface area contributed by atoms with Gasteiger partial charge in [0, 0.05) is 37.7 Å². The molecule has 28 heavy (non-hydrogen) atoms. The van der Waals surface area contributed by atoms with Crippen LogP contribution in [0, 0.1) is 13.8 Å². The Balaban J connectivity index is 1.80. The van der Waals surface area contributed by atoms with Gasteiger partial charge in [0.15, 0.2) is 0 Å². The molecule has 4 heteroatoms. The van der Waals surface area contributed by atoms with Crippen molar-refractivity contribution in [3.05, 3.63) is 94.8 Å². The highest BCUT2D eigenvalue weighted by Crippen LogP contribution is 2.15. The molecule has 1 heterocycles. The summed E-state index contributed by atoms with van der Waals surface area (Å²) in [6, 6.07) is 20.4. The lowest BCUT2D eigenvalue weighted by Crippen LogP contribution is -2.34. The summed E-state index contributed by atoms with van der Waals surface area (Å²) >= 11 is 0. The number of methoxy groups -OCH3 is 1. The van der Waals surface area contributed by atoms with Crippen LogP contribution in [-0.4, -0.2) is 35.6 Å². The predicted molar refractivity (Wildman–Crippen MR) is 113 cm³/mol. The number of amides is 1. The molecule has 0 aliphatic carbocycles. The summed E-state index contributed by atoms with van der Waals surface area (Å²) in [6.07, 6.45) is 2.07. The van der Waals surface area contributed by atoms with Gasteiger partial charge in [-0.15, -0.1) is 0 Å². The van der Waals surface area contributed by atoms with E-state index in [1.54, 1.807) is 7.11 Å². The molecular formula is C24H28N2O2. The van der Waals surface area contributed by atoms with E-state index in [0.717, 1.165) is 23.4 Å². The van der Waals surface area contributed by atoms with Crippen molar-refractivity contribution in [1.29, 1.82) is 0 Å². The third-order valence-corrected chi connectivity index (χ3v) is 4.98. The number of carbonyl (C=O) groups excluding carboxylic acids is 1. The molecule has 0 unspecified atom stereocenters. The van der Waals surface area contributed by atoms with Gasteiger partial charge in [0.2, 0.25) is 0 Å². The fraction of sp³-hybridized carbons (Fsp3) is 0.292.